The predicted molar refractivity (Wildman–Crippen MR) is 59.5 cm³/mol. The lowest BCUT2D eigenvalue weighted by atomic mass is 10.0. The number of ether oxygens (including phenoxy) is 1. The summed E-state index contributed by atoms with van der Waals surface area (Å²) < 4.78 is 42.8. The maximum Gasteiger partial charge on any atom is 0.451 e. The molecule has 100 valence electrons. The van der Waals surface area contributed by atoms with E-state index in [-0.39, 0.29) is 11.0 Å². The second-order valence-corrected chi connectivity index (χ2v) is 4.77. The van der Waals surface area contributed by atoms with E-state index < -0.39 is 17.5 Å². The van der Waals surface area contributed by atoms with Crippen molar-refractivity contribution in [3.05, 3.63) is 17.0 Å². The second kappa shape index (κ2) is 4.55. The minimum atomic E-state index is -4.62. The van der Waals surface area contributed by atoms with Crippen molar-refractivity contribution in [3.63, 3.8) is 0 Å². The fourth-order valence-electron chi connectivity index (χ4n) is 1.68. The molecular formula is C10H11ClF3N3O. The number of halogens is 4. The first kappa shape index (κ1) is 13.4. The topological polar surface area (TPSA) is 47.0 Å². The molecule has 2 rings (SSSR count). The minimum absolute atomic E-state index is 0.0512. The van der Waals surface area contributed by atoms with Gasteiger partial charge in [-0.05, 0) is 13.3 Å². The highest BCUT2D eigenvalue weighted by Gasteiger charge is 2.36. The van der Waals surface area contributed by atoms with Crippen LogP contribution in [0.15, 0.2) is 6.07 Å². The lowest BCUT2D eigenvalue weighted by Gasteiger charge is -2.24. The molecule has 18 heavy (non-hydrogen) atoms. The van der Waals surface area contributed by atoms with E-state index in [0.29, 0.717) is 19.6 Å². The van der Waals surface area contributed by atoms with E-state index in [0.717, 1.165) is 0 Å². The molecule has 0 spiro atoms. The molecule has 0 saturated carbocycles. The van der Waals surface area contributed by atoms with Crippen LogP contribution in [0.4, 0.5) is 19.0 Å². The van der Waals surface area contributed by atoms with Crippen molar-refractivity contribution in [1.82, 2.24) is 9.97 Å². The van der Waals surface area contributed by atoms with Gasteiger partial charge in [0.1, 0.15) is 11.0 Å². The highest BCUT2D eigenvalue weighted by atomic mass is 35.5. The van der Waals surface area contributed by atoms with Crippen LogP contribution in [0.5, 0.6) is 0 Å². The van der Waals surface area contributed by atoms with Gasteiger partial charge < -0.3 is 10.1 Å². The quantitative estimate of drug-likeness (QED) is 0.847. The largest absolute Gasteiger partial charge is 0.451 e. The summed E-state index contributed by atoms with van der Waals surface area (Å²) in [4.78, 5) is 6.59. The Morgan fingerprint density at radius 2 is 2.17 bits per heavy atom. The standard InChI is InChI=1S/C10H11ClF3N3O/c1-9(2-3-18-5-9)17-7-4-6(11)15-8(16-7)10(12,13)14/h4H,2-3,5H2,1H3,(H,15,16,17). The highest BCUT2D eigenvalue weighted by molar-refractivity contribution is 6.29. The van der Waals surface area contributed by atoms with Crippen LogP contribution in [0.3, 0.4) is 0 Å². The summed E-state index contributed by atoms with van der Waals surface area (Å²) in [6.45, 7) is 2.83. The SMILES string of the molecule is CC1(Nc2cc(Cl)nc(C(F)(F)F)n2)CCOC1. The van der Waals surface area contributed by atoms with Gasteiger partial charge in [0.05, 0.1) is 12.1 Å². The van der Waals surface area contributed by atoms with Crippen LogP contribution in [0.25, 0.3) is 0 Å². The second-order valence-electron chi connectivity index (χ2n) is 4.39. The highest BCUT2D eigenvalue weighted by Crippen LogP contribution is 2.30. The Kier molecular flexibility index (Phi) is 3.37. The van der Waals surface area contributed by atoms with Gasteiger partial charge >= 0.3 is 6.18 Å². The molecule has 1 saturated heterocycles. The number of hydrogen-bond donors (Lipinski definition) is 1. The van der Waals surface area contributed by atoms with Crippen LogP contribution >= 0.6 is 11.6 Å². The van der Waals surface area contributed by atoms with E-state index in [4.69, 9.17) is 16.3 Å². The number of aromatic nitrogens is 2. The molecule has 1 aromatic heterocycles. The molecule has 0 bridgehead atoms. The Morgan fingerprint density at radius 3 is 2.72 bits per heavy atom. The molecule has 0 aromatic carbocycles. The first-order valence-electron chi connectivity index (χ1n) is 5.26. The third-order valence-corrected chi connectivity index (χ3v) is 2.79. The van der Waals surface area contributed by atoms with Gasteiger partial charge in [-0.3, -0.25) is 0 Å². The summed E-state index contributed by atoms with van der Waals surface area (Å²) in [6, 6.07) is 1.26. The van der Waals surface area contributed by atoms with E-state index in [1.807, 2.05) is 6.92 Å². The van der Waals surface area contributed by atoms with E-state index in [9.17, 15) is 13.2 Å². The number of alkyl halides is 3. The van der Waals surface area contributed by atoms with Crippen molar-refractivity contribution >= 4 is 17.4 Å². The first-order chi connectivity index (χ1) is 8.28. The van der Waals surface area contributed by atoms with Gasteiger partial charge in [-0.2, -0.15) is 13.2 Å². The van der Waals surface area contributed by atoms with Gasteiger partial charge in [0.2, 0.25) is 5.82 Å². The van der Waals surface area contributed by atoms with Gasteiger partial charge in [-0.15, -0.1) is 0 Å². The van der Waals surface area contributed by atoms with Crippen molar-refractivity contribution in [1.29, 1.82) is 0 Å². The Morgan fingerprint density at radius 1 is 1.44 bits per heavy atom. The molecule has 8 heteroatoms. The van der Waals surface area contributed by atoms with Gasteiger partial charge in [0.15, 0.2) is 0 Å². The molecule has 0 amide bonds. The molecule has 1 fully saturated rings. The van der Waals surface area contributed by atoms with Crippen LogP contribution < -0.4 is 5.32 Å². The van der Waals surface area contributed by atoms with Crippen LogP contribution in [0.1, 0.15) is 19.2 Å². The molecule has 1 N–H and O–H groups in total. The number of anilines is 1. The molecule has 2 heterocycles. The van der Waals surface area contributed by atoms with Crippen LogP contribution in [-0.2, 0) is 10.9 Å². The average Bonchev–Trinajstić information content (AvgIpc) is 2.62. The zero-order valence-corrected chi connectivity index (χ0v) is 10.3. The third kappa shape index (κ3) is 3.02. The van der Waals surface area contributed by atoms with Crippen LogP contribution in [0, 0.1) is 0 Å². The van der Waals surface area contributed by atoms with Gasteiger partial charge in [-0.25, -0.2) is 9.97 Å². The lowest BCUT2D eigenvalue weighted by molar-refractivity contribution is -0.144. The first-order valence-corrected chi connectivity index (χ1v) is 5.64. The number of hydrogen-bond acceptors (Lipinski definition) is 4. The Bertz CT molecular complexity index is 446. The summed E-state index contributed by atoms with van der Waals surface area (Å²) in [7, 11) is 0. The average molecular weight is 282 g/mol. The normalized spacial score (nSPS) is 24.3. The van der Waals surface area contributed by atoms with Crippen molar-refractivity contribution < 1.29 is 17.9 Å². The summed E-state index contributed by atoms with van der Waals surface area (Å²) in [6.07, 6.45) is -3.93. The van der Waals surface area contributed by atoms with E-state index in [2.05, 4.69) is 15.3 Å². The molecular weight excluding hydrogens is 271 g/mol. The van der Waals surface area contributed by atoms with Crippen molar-refractivity contribution in [2.45, 2.75) is 25.1 Å². The summed E-state index contributed by atoms with van der Waals surface area (Å²) in [5, 5.41) is 2.66. The Balaban J connectivity index is 2.25. The fourth-order valence-corrected chi connectivity index (χ4v) is 1.87. The Labute approximate surface area is 107 Å². The zero-order chi connectivity index (χ0) is 13.4. The number of nitrogens with one attached hydrogen (secondary N) is 1. The monoisotopic (exact) mass is 281 g/mol. The lowest BCUT2D eigenvalue weighted by Crippen LogP contribution is -2.35. The summed E-state index contributed by atoms with van der Waals surface area (Å²) in [5.41, 5.74) is -0.430. The number of rotatable bonds is 2. The molecule has 4 nitrogen and oxygen atoms in total. The summed E-state index contributed by atoms with van der Waals surface area (Å²) in [5.74, 6) is -1.20. The van der Waals surface area contributed by atoms with Gasteiger partial charge in [0.25, 0.3) is 0 Å². The molecule has 1 aliphatic rings. The molecule has 0 aliphatic carbocycles. The molecule has 1 aromatic rings. The van der Waals surface area contributed by atoms with E-state index in [1.54, 1.807) is 0 Å². The summed E-state index contributed by atoms with van der Waals surface area (Å²) >= 11 is 5.56. The van der Waals surface area contributed by atoms with Crippen LogP contribution in [0.2, 0.25) is 5.15 Å². The van der Waals surface area contributed by atoms with Crippen molar-refractivity contribution in [2.24, 2.45) is 0 Å². The third-order valence-electron chi connectivity index (χ3n) is 2.60. The maximum absolute atomic E-state index is 12.5. The molecule has 0 radical (unpaired) electrons. The minimum Gasteiger partial charge on any atom is -0.379 e. The smallest absolute Gasteiger partial charge is 0.379 e. The van der Waals surface area contributed by atoms with Gasteiger partial charge in [-0.1, -0.05) is 11.6 Å². The molecule has 1 atom stereocenters. The van der Waals surface area contributed by atoms with Crippen molar-refractivity contribution in [2.75, 3.05) is 18.5 Å². The molecule has 1 unspecified atom stereocenters. The van der Waals surface area contributed by atoms with Crippen LogP contribution in [-0.4, -0.2) is 28.7 Å². The predicted octanol–water partition coefficient (Wildman–Crippen LogP) is 2.74. The fraction of sp³-hybridized carbons (Fsp3) is 0.600. The molecule has 1 aliphatic heterocycles. The van der Waals surface area contributed by atoms with E-state index in [1.165, 1.54) is 6.07 Å². The van der Waals surface area contributed by atoms with E-state index >= 15 is 0 Å². The zero-order valence-electron chi connectivity index (χ0n) is 9.51. The van der Waals surface area contributed by atoms with Crippen molar-refractivity contribution in [3.8, 4) is 0 Å². The Hall–Kier alpha value is -1.08. The number of nitrogens with zero attached hydrogens (tertiary/aromatic N) is 2. The maximum atomic E-state index is 12.5. The van der Waals surface area contributed by atoms with Gasteiger partial charge in [0, 0.05) is 12.7 Å².